The maximum Gasteiger partial charge on any atom is 0.203 e. The lowest BCUT2D eigenvalue weighted by Crippen LogP contribution is -1.98. The number of ether oxygens (including phenoxy) is 4. The van der Waals surface area contributed by atoms with Crippen LogP contribution >= 0.6 is 0 Å². The highest BCUT2D eigenvalue weighted by molar-refractivity contribution is 6.04. The SMILES string of the molecule is COc1cc(NC=CC(=O)c2cccc(F)c2)c(C=Cc2cc(OC)c(OC)c(OC)c2)cc1O. The summed E-state index contributed by atoms with van der Waals surface area (Å²) in [6.07, 6.45) is 6.31. The van der Waals surface area contributed by atoms with Crippen molar-refractivity contribution in [1.82, 2.24) is 0 Å². The number of halogens is 1. The molecule has 0 amide bonds. The number of allylic oxidation sites excluding steroid dienone is 1. The van der Waals surface area contributed by atoms with E-state index in [9.17, 15) is 14.3 Å². The van der Waals surface area contributed by atoms with Crippen LogP contribution in [-0.2, 0) is 0 Å². The van der Waals surface area contributed by atoms with Gasteiger partial charge in [0.15, 0.2) is 28.8 Å². The molecule has 3 aromatic carbocycles. The molecule has 0 radical (unpaired) electrons. The zero-order valence-electron chi connectivity index (χ0n) is 19.8. The maximum absolute atomic E-state index is 13.4. The van der Waals surface area contributed by atoms with Crippen LogP contribution in [0.5, 0.6) is 28.7 Å². The predicted molar refractivity (Wildman–Crippen MR) is 133 cm³/mol. The van der Waals surface area contributed by atoms with Crippen LogP contribution in [0.15, 0.2) is 60.8 Å². The van der Waals surface area contributed by atoms with Crippen molar-refractivity contribution in [3.8, 4) is 28.7 Å². The molecule has 0 bridgehead atoms. The Labute approximate surface area is 203 Å². The minimum absolute atomic E-state index is 0.0533. The molecular weight excluding hydrogens is 453 g/mol. The second kappa shape index (κ2) is 11.6. The standard InChI is InChI=1S/C27H26FNO6/c1-32-24-16-21(29-11-10-22(30)19-6-5-7-20(28)14-19)18(15-23(24)31)9-8-17-12-25(33-2)27(35-4)26(13-17)34-3/h5-16,29,31H,1-4H3. The molecule has 0 aliphatic heterocycles. The van der Waals surface area contributed by atoms with Crippen LogP contribution in [0.2, 0.25) is 0 Å². The van der Waals surface area contributed by atoms with Gasteiger partial charge in [-0.25, -0.2) is 4.39 Å². The first-order valence-electron chi connectivity index (χ1n) is 10.5. The first-order chi connectivity index (χ1) is 16.9. The van der Waals surface area contributed by atoms with Gasteiger partial charge in [0.2, 0.25) is 5.75 Å². The Hall–Kier alpha value is -4.46. The number of ketones is 1. The van der Waals surface area contributed by atoms with E-state index in [0.29, 0.717) is 28.5 Å². The van der Waals surface area contributed by atoms with E-state index in [0.717, 1.165) is 5.56 Å². The predicted octanol–water partition coefficient (Wildman–Crippen LogP) is 5.54. The zero-order valence-corrected chi connectivity index (χ0v) is 19.8. The summed E-state index contributed by atoms with van der Waals surface area (Å²) in [4.78, 5) is 12.3. The summed E-state index contributed by atoms with van der Waals surface area (Å²) < 4.78 is 34.7. The molecule has 3 aromatic rings. The van der Waals surface area contributed by atoms with Crippen molar-refractivity contribution >= 4 is 23.6 Å². The van der Waals surface area contributed by atoms with Crippen molar-refractivity contribution in [2.75, 3.05) is 33.8 Å². The van der Waals surface area contributed by atoms with E-state index in [1.165, 1.54) is 71.0 Å². The summed E-state index contributed by atoms with van der Waals surface area (Å²) in [5, 5.41) is 13.3. The van der Waals surface area contributed by atoms with E-state index in [4.69, 9.17) is 18.9 Å². The molecule has 182 valence electrons. The zero-order chi connectivity index (χ0) is 25.4. The number of carbonyl (C=O) groups excluding carboxylic acids is 1. The third kappa shape index (κ3) is 6.11. The topological polar surface area (TPSA) is 86.3 Å². The van der Waals surface area contributed by atoms with Gasteiger partial charge in [-0.3, -0.25) is 4.79 Å². The van der Waals surface area contributed by atoms with Gasteiger partial charge in [0.25, 0.3) is 0 Å². The van der Waals surface area contributed by atoms with E-state index in [1.54, 1.807) is 30.4 Å². The molecule has 0 saturated heterocycles. The van der Waals surface area contributed by atoms with Gasteiger partial charge in [-0.05, 0) is 35.9 Å². The molecule has 0 aliphatic carbocycles. The minimum Gasteiger partial charge on any atom is -0.504 e. The van der Waals surface area contributed by atoms with Crippen molar-refractivity contribution in [3.63, 3.8) is 0 Å². The molecular formula is C27H26FNO6. The molecule has 2 N–H and O–H groups in total. The van der Waals surface area contributed by atoms with Crippen LogP contribution in [0.3, 0.4) is 0 Å². The van der Waals surface area contributed by atoms with Gasteiger partial charge < -0.3 is 29.4 Å². The molecule has 0 fully saturated rings. The molecule has 8 heteroatoms. The Morgan fingerprint density at radius 1 is 0.886 bits per heavy atom. The number of anilines is 1. The van der Waals surface area contributed by atoms with E-state index in [2.05, 4.69) is 5.32 Å². The lowest BCUT2D eigenvalue weighted by molar-refractivity contribution is 0.104. The second-order valence-electron chi connectivity index (χ2n) is 7.26. The monoisotopic (exact) mass is 479 g/mol. The average molecular weight is 480 g/mol. The summed E-state index contributed by atoms with van der Waals surface area (Å²) in [7, 11) is 6.03. The number of rotatable bonds is 10. The van der Waals surface area contributed by atoms with E-state index in [1.807, 2.05) is 0 Å². The largest absolute Gasteiger partial charge is 0.504 e. The number of hydrogen-bond acceptors (Lipinski definition) is 7. The van der Waals surface area contributed by atoms with Gasteiger partial charge in [0.05, 0.1) is 28.4 Å². The normalized spacial score (nSPS) is 11.0. The first kappa shape index (κ1) is 25.2. The van der Waals surface area contributed by atoms with Crippen LogP contribution in [0.25, 0.3) is 12.2 Å². The Morgan fingerprint density at radius 3 is 2.17 bits per heavy atom. The average Bonchev–Trinajstić information content (AvgIpc) is 2.87. The highest BCUT2D eigenvalue weighted by Crippen LogP contribution is 2.39. The third-order valence-electron chi connectivity index (χ3n) is 5.08. The fourth-order valence-electron chi connectivity index (χ4n) is 3.34. The number of hydrogen-bond donors (Lipinski definition) is 2. The molecule has 35 heavy (non-hydrogen) atoms. The summed E-state index contributed by atoms with van der Waals surface area (Å²) >= 11 is 0. The molecule has 7 nitrogen and oxygen atoms in total. The van der Waals surface area contributed by atoms with Gasteiger partial charge in [-0.2, -0.15) is 0 Å². The lowest BCUT2D eigenvalue weighted by Gasteiger charge is -2.13. The van der Waals surface area contributed by atoms with E-state index in [-0.39, 0.29) is 22.8 Å². The number of benzene rings is 3. The van der Waals surface area contributed by atoms with Crippen LogP contribution in [0.4, 0.5) is 10.1 Å². The molecule has 0 aromatic heterocycles. The fourth-order valence-corrected chi connectivity index (χ4v) is 3.34. The van der Waals surface area contributed by atoms with E-state index >= 15 is 0 Å². The smallest absolute Gasteiger partial charge is 0.203 e. The number of phenols is 1. The Morgan fingerprint density at radius 2 is 1.57 bits per heavy atom. The molecule has 0 unspecified atom stereocenters. The quantitative estimate of drug-likeness (QED) is 0.171. The van der Waals surface area contributed by atoms with Crippen molar-refractivity contribution in [2.24, 2.45) is 0 Å². The number of phenolic OH excluding ortho intramolecular Hbond substituents is 1. The summed E-state index contributed by atoms with van der Waals surface area (Å²) in [6.45, 7) is 0. The van der Waals surface area contributed by atoms with Crippen molar-refractivity contribution < 1.29 is 33.2 Å². The van der Waals surface area contributed by atoms with Crippen molar-refractivity contribution in [1.29, 1.82) is 0 Å². The molecule has 0 spiro atoms. The molecule has 0 atom stereocenters. The summed E-state index contributed by atoms with van der Waals surface area (Å²) in [6, 6.07) is 12.1. The summed E-state index contributed by atoms with van der Waals surface area (Å²) in [5.74, 6) is 0.828. The molecule has 0 heterocycles. The Balaban J connectivity index is 1.91. The van der Waals surface area contributed by atoms with Gasteiger partial charge >= 0.3 is 0 Å². The van der Waals surface area contributed by atoms with Gasteiger partial charge in [-0.15, -0.1) is 0 Å². The maximum atomic E-state index is 13.4. The molecule has 0 aliphatic rings. The van der Waals surface area contributed by atoms with Crippen molar-refractivity contribution in [3.05, 3.63) is 83.3 Å². The Kier molecular flexibility index (Phi) is 8.34. The first-order valence-corrected chi connectivity index (χ1v) is 10.5. The highest BCUT2D eigenvalue weighted by atomic mass is 19.1. The van der Waals surface area contributed by atoms with Crippen molar-refractivity contribution in [2.45, 2.75) is 0 Å². The number of carbonyl (C=O) groups is 1. The van der Waals surface area contributed by atoms with Crippen LogP contribution in [0.1, 0.15) is 21.5 Å². The number of methoxy groups -OCH3 is 4. The minimum atomic E-state index is -0.486. The van der Waals surface area contributed by atoms with Gasteiger partial charge in [0, 0.05) is 35.2 Å². The second-order valence-corrected chi connectivity index (χ2v) is 7.26. The summed E-state index contributed by atoms with van der Waals surface area (Å²) in [5.41, 5.74) is 2.16. The van der Waals surface area contributed by atoms with Crippen LogP contribution in [0, 0.1) is 5.82 Å². The lowest BCUT2D eigenvalue weighted by atomic mass is 10.1. The molecule has 0 saturated carbocycles. The fraction of sp³-hybridized carbons (Fsp3) is 0.148. The van der Waals surface area contributed by atoms with E-state index < -0.39 is 5.82 Å². The molecule has 3 rings (SSSR count). The Bertz CT molecular complexity index is 1240. The highest BCUT2D eigenvalue weighted by Gasteiger charge is 2.13. The number of nitrogens with one attached hydrogen (secondary N) is 1. The number of aromatic hydroxyl groups is 1. The van der Waals surface area contributed by atoms with Gasteiger partial charge in [0.1, 0.15) is 5.82 Å². The van der Waals surface area contributed by atoms with Crippen LogP contribution < -0.4 is 24.3 Å². The van der Waals surface area contributed by atoms with Crippen LogP contribution in [-0.4, -0.2) is 39.3 Å². The third-order valence-corrected chi connectivity index (χ3v) is 5.08. The van der Waals surface area contributed by atoms with Gasteiger partial charge in [-0.1, -0.05) is 24.3 Å².